The third kappa shape index (κ3) is 2.37. The van der Waals surface area contributed by atoms with Crippen molar-refractivity contribution in [3.05, 3.63) is 28.8 Å². The molecule has 18 heavy (non-hydrogen) atoms. The number of nitriles is 1. The maximum Gasteiger partial charge on any atom is 0.244 e. The standard InChI is InChI=1S/C12H13ClN2O2S/c1-9-4-5-15(8-9)18(16,17)12-3-2-10(7-14)6-11(12)13/h2-3,6,9H,4-5,8H2,1H3. The zero-order valence-corrected chi connectivity index (χ0v) is 11.5. The Morgan fingerprint density at radius 1 is 1.50 bits per heavy atom. The van der Waals surface area contributed by atoms with Crippen molar-refractivity contribution in [1.29, 1.82) is 5.26 Å². The van der Waals surface area contributed by atoms with E-state index in [4.69, 9.17) is 16.9 Å². The molecule has 6 heteroatoms. The summed E-state index contributed by atoms with van der Waals surface area (Å²) in [6.45, 7) is 3.08. The van der Waals surface area contributed by atoms with Crippen LogP contribution >= 0.6 is 11.6 Å². The van der Waals surface area contributed by atoms with Gasteiger partial charge in [-0.2, -0.15) is 9.57 Å². The van der Waals surface area contributed by atoms with E-state index in [1.54, 1.807) is 0 Å². The third-order valence-corrected chi connectivity index (χ3v) is 5.41. The summed E-state index contributed by atoms with van der Waals surface area (Å²) in [7, 11) is -3.54. The lowest BCUT2D eigenvalue weighted by Crippen LogP contribution is -2.28. The van der Waals surface area contributed by atoms with Crippen molar-refractivity contribution in [1.82, 2.24) is 4.31 Å². The van der Waals surface area contributed by atoms with Crippen LogP contribution < -0.4 is 0 Å². The number of sulfonamides is 1. The van der Waals surface area contributed by atoms with Gasteiger partial charge in [-0.3, -0.25) is 0 Å². The summed E-state index contributed by atoms with van der Waals surface area (Å²) in [5, 5.41) is 8.84. The molecule has 0 amide bonds. The second kappa shape index (κ2) is 4.88. The molecule has 1 aromatic carbocycles. The molecular formula is C12H13ClN2O2S. The Hall–Kier alpha value is -1.09. The Balaban J connectivity index is 2.39. The van der Waals surface area contributed by atoms with Gasteiger partial charge < -0.3 is 0 Å². The van der Waals surface area contributed by atoms with Crippen LogP contribution in [0.3, 0.4) is 0 Å². The molecule has 1 aromatic rings. The van der Waals surface area contributed by atoms with E-state index in [2.05, 4.69) is 0 Å². The van der Waals surface area contributed by atoms with Gasteiger partial charge in [-0.1, -0.05) is 18.5 Å². The minimum absolute atomic E-state index is 0.0808. The minimum atomic E-state index is -3.54. The van der Waals surface area contributed by atoms with E-state index in [9.17, 15) is 8.42 Å². The first kappa shape index (κ1) is 13.3. The van der Waals surface area contributed by atoms with Gasteiger partial charge in [0.25, 0.3) is 0 Å². The van der Waals surface area contributed by atoms with Crippen molar-refractivity contribution in [2.24, 2.45) is 5.92 Å². The Bertz CT molecular complexity index is 607. The zero-order chi connectivity index (χ0) is 13.3. The maximum absolute atomic E-state index is 12.4. The monoisotopic (exact) mass is 284 g/mol. The molecule has 1 unspecified atom stereocenters. The van der Waals surface area contributed by atoms with Gasteiger partial charge in [0, 0.05) is 13.1 Å². The van der Waals surface area contributed by atoms with Crippen LogP contribution in [0, 0.1) is 17.2 Å². The highest BCUT2D eigenvalue weighted by atomic mass is 35.5. The predicted molar refractivity (Wildman–Crippen MR) is 68.7 cm³/mol. The lowest BCUT2D eigenvalue weighted by atomic mass is 10.2. The van der Waals surface area contributed by atoms with Gasteiger partial charge in [0.2, 0.25) is 10.0 Å². The number of nitrogens with zero attached hydrogens (tertiary/aromatic N) is 2. The molecule has 1 saturated heterocycles. The van der Waals surface area contributed by atoms with Crippen LogP contribution in [0.15, 0.2) is 23.1 Å². The highest BCUT2D eigenvalue weighted by molar-refractivity contribution is 7.89. The Morgan fingerprint density at radius 2 is 2.22 bits per heavy atom. The molecule has 1 fully saturated rings. The summed E-state index contributed by atoms with van der Waals surface area (Å²) < 4.78 is 26.2. The van der Waals surface area contributed by atoms with Gasteiger partial charge in [0.05, 0.1) is 16.7 Å². The SMILES string of the molecule is CC1CCN(S(=O)(=O)c2ccc(C#N)cc2Cl)C1. The number of halogens is 1. The van der Waals surface area contributed by atoms with E-state index < -0.39 is 10.0 Å². The highest BCUT2D eigenvalue weighted by Gasteiger charge is 2.31. The van der Waals surface area contributed by atoms with Crippen LogP contribution in [-0.2, 0) is 10.0 Å². The van der Waals surface area contributed by atoms with Crippen LogP contribution in [0.2, 0.25) is 5.02 Å². The molecule has 0 aromatic heterocycles. The van der Waals surface area contributed by atoms with Crippen molar-refractivity contribution in [2.45, 2.75) is 18.2 Å². The topological polar surface area (TPSA) is 61.2 Å². The smallest absolute Gasteiger partial charge is 0.207 e. The minimum Gasteiger partial charge on any atom is -0.207 e. The Kier molecular flexibility index (Phi) is 3.62. The fourth-order valence-electron chi connectivity index (χ4n) is 2.03. The number of hydrogen-bond acceptors (Lipinski definition) is 3. The van der Waals surface area contributed by atoms with Gasteiger partial charge in [-0.15, -0.1) is 0 Å². The molecule has 1 atom stereocenters. The van der Waals surface area contributed by atoms with E-state index >= 15 is 0 Å². The van der Waals surface area contributed by atoms with Crippen molar-refractivity contribution in [2.75, 3.05) is 13.1 Å². The predicted octanol–water partition coefficient (Wildman–Crippen LogP) is 2.24. The first-order valence-electron chi connectivity index (χ1n) is 5.65. The molecule has 0 aliphatic carbocycles. The maximum atomic E-state index is 12.4. The van der Waals surface area contributed by atoms with E-state index in [1.807, 2.05) is 13.0 Å². The van der Waals surface area contributed by atoms with E-state index in [0.29, 0.717) is 24.6 Å². The van der Waals surface area contributed by atoms with E-state index in [1.165, 1.54) is 22.5 Å². The highest BCUT2D eigenvalue weighted by Crippen LogP contribution is 2.29. The molecule has 0 N–H and O–H groups in total. The molecule has 0 bridgehead atoms. The fraction of sp³-hybridized carbons (Fsp3) is 0.417. The molecule has 1 heterocycles. The van der Waals surface area contributed by atoms with E-state index in [0.717, 1.165) is 6.42 Å². The lowest BCUT2D eigenvalue weighted by molar-refractivity contribution is 0.464. The average Bonchev–Trinajstić information content (AvgIpc) is 2.76. The Labute approximate surface area is 112 Å². The fourth-order valence-corrected chi connectivity index (χ4v) is 4.12. The van der Waals surface area contributed by atoms with Crippen LogP contribution in [0.25, 0.3) is 0 Å². The van der Waals surface area contributed by atoms with Crippen molar-refractivity contribution >= 4 is 21.6 Å². The van der Waals surface area contributed by atoms with Crippen LogP contribution in [0.4, 0.5) is 0 Å². The van der Waals surface area contributed by atoms with Gasteiger partial charge in [0.1, 0.15) is 4.90 Å². The zero-order valence-electron chi connectivity index (χ0n) is 9.93. The van der Waals surface area contributed by atoms with Crippen LogP contribution in [0.5, 0.6) is 0 Å². The molecule has 96 valence electrons. The van der Waals surface area contributed by atoms with E-state index in [-0.39, 0.29) is 9.92 Å². The van der Waals surface area contributed by atoms with Gasteiger partial charge in [0.15, 0.2) is 0 Å². The lowest BCUT2D eigenvalue weighted by Gasteiger charge is -2.16. The van der Waals surface area contributed by atoms with Crippen molar-refractivity contribution < 1.29 is 8.42 Å². The van der Waals surface area contributed by atoms with Crippen LogP contribution in [0.1, 0.15) is 18.9 Å². The number of benzene rings is 1. The quantitative estimate of drug-likeness (QED) is 0.837. The van der Waals surface area contributed by atoms with Gasteiger partial charge >= 0.3 is 0 Å². The molecule has 0 radical (unpaired) electrons. The third-order valence-electron chi connectivity index (χ3n) is 3.07. The first-order chi connectivity index (χ1) is 8.45. The molecule has 0 saturated carbocycles. The van der Waals surface area contributed by atoms with Crippen molar-refractivity contribution in [3.8, 4) is 6.07 Å². The molecule has 1 aliphatic heterocycles. The number of hydrogen-bond donors (Lipinski definition) is 0. The van der Waals surface area contributed by atoms with Gasteiger partial charge in [-0.05, 0) is 30.5 Å². The molecule has 4 nitrogen and oxygen atoms in total. The first-order valence-corrected chi connectivity index (χ1v) is 7.46. The second-order valence-electron chi connectivity index (χ2n) is 4.51. The summed E-state index contributed by atoms with van der Waals surface area (Å²) in [6, 6.07) is 6.19. The molecular weight excluding hydrogens is 272 g/mol. The molecule has 1 aliphatic rings. The average molecular weight is 285 g/mol. The summed E-state index contributed by atoms with van der Waals surface area (Å²) in [5.74, 6) is 0.372. The molecule has 2 rings (SSSR count). The van der Waals surface area contributed by atoms with Gasteiger partial charge in [-0.25, -0.2) is 8.42 Å². The summed E-state index contributed by atoms with van der Waals surface area (Å²) in [4.78, 5) is 0.0808. The normalized spacial score (nSPS) is 20.8. The Morgan fingerprint density at radius 3 is 2.72 bits per heavy atom. The van der Waals surface area contributed by atoms with Crippen molar-refractivity contribution in [3.63, 3.8) is 0 Å². The largest absolute Gasteiger partial charge is 0.244 e. The summed E-state index contributed by atoms with van der Waals surface area (Å²) >= 11 is 5.95. The summed E-state index contributed by atoms with van der Waals surface area (Å²) in [6.07, 6.45) is 0.868. The number of rotatable bonds is 2. The summed E-state index contributed by atoms with van der Waals surface area (Å²) in [5.41, 5.74) is 0.355. The van der Waals surface area contributed by atoms with Crippen LogP contribution in [-0.4, -0.2) is 25.8 Å². The molecule has 0 spiro atoms. The second-order valence-corrected chi connectivity index (χ2v) is 6.83.